The number of benzene rings is 1. The van der Waals surface area contributed by atoms with Crippen LogP contribution in [0.1, 0.15) is 12.8 Å². The van der Waals surface area contributed by atoms with Crippen LogP contribution in [0.15, 0.2) is 33.7 Å². The summed E-state index contributed by atoms with van der Waals surface area (Å²) in [6.07, 6.45) is 3.10. The number of carbonyl (C=O) groups excluding carboxylic acids is 1. The minimum Gasteiger partial charge on any atom is -0.493 e. The molecule has 1 aliphatic heterocycles. The van der Waals surface area contributed by atoms with Crippen LogP contribution < -0.4 is 25.1 Å². The van der Waals surface area contributed by atoms with Crippen LogP contribution in [-0.4, -0.2) is 49.4 Å². The van der Waals surface area contributed by atoms with Crippen molar-refractivity contribution in [3.63, 3.8) is 0 Å². The summed E-state index contributed by atoms with van der Waals surface area (Å²) in [6, 6.07) is 5.79. The van der Waals surface area contributed by atoms with Crippen molar-refractivity contribution in [3.8, 4) is 11.5 Å². The molecule has 2 heterocycles. The van der Waals surface area contributed by atoms with Gasteiger partial charge in [0.15, 0.2) is 11.5 Å². The van der Waals surface area contributed by atoms with E-state index in [4.69, 9.17) is 9.47 Å². The lowest BCUT2D eigenvalue weighted by molar-refractivity contribution is -0.751. The molecule has 1 fully saturated rings. The molecule has 0 bridgehead atoms. The van der Waals surface area contributed by atoms with Crippen LogP contribution in [0.2, 0.25) is 0 Å². The number of aromatic amines is 1. The van der Waals surface area contributed by atoms with E-state index < -0.39 is 5.63 Å². The molecule has 140 valence electrons. The number of amides is 1. The van der Waals surface area contributed by atoms with E-state index in [0.717, 1.165) is 18.5 Å². The Morgan fingerprint density at radius 1 is 1.38 bits per heavy atom. The van der Waals surface area contributed by atoms with Crippen molar-refractivity contribution in [3.05, 3.63) is 34.8 Å². The average Bonchev–Trinajstić information content (AvgIpc) is 3.06. The van der Waals surface area contributed by atoms with Crippen molar-refractivity contribution < 1.29 is 23.5 Å². The lowest BCUT2D eigenvalue weighted by atomic mass is 10.0. The van der Waals surface area contributed by atoms with E-state index in [2.05, 4.69) is 15.1 Å². The van der Waals surface area contributed by atoms with Gasteiger partial charge in [-0.1, -0.05) is 4.68 Å². The first kappa shape index (κ1) is 17.8. The summed E-state index contributed by atoms with van der Waals surface area (Å²) in [5, 5.41) is 5.84. The van der Waals surface area contributed by atoms with Crippen LogP contribution in [0.25, 0.3) is 0 Å². The number of H-pyrrole nitrogens is 1. The summed E-state index contributed by atoms with van der Waals surface area (Å²) in [6.45, 7) is 1.34. The molecule has 9 heteroatoms. The lowest BCUT2D eigenvalue weighted by Gasteiger charge is -2.33. The van der Waals surface area contributed by atoms with Gasteiger partial charge in [0.1, 0.15) is 0 Å². The van der Waals surface area contributed by atoms with Gasteiger partial charge in [0.25, 0.3) is 18.6 Å². The van der Waals surface area contributed by atoms with Gasteiger partial charge in [0.2, 0.25) is 0 Å². The maximum Gasteiger partial charge on any atom is 0.426 e. The standard InChI is InChI=1S/C17H22N4O5/c1-24-14-6-5-12(8-15(14)25-2)18-13-4-3-7-20(9-13)16(22)10-21-11-17(23)26-19-21/h5-6,8,11,13,18H,3-4,7,9-10H2,1-2H3/p+1/t13-/m0/s1. The molecule has 2 aromatic rings. The molecule has 1 aromatic carbocycles. The number of rotatable bonds is 6. The summed E-state index contributed by atoms with van der Waals surface area (Å²) >= 11 is 0. The minimum atomic E-state index is -0.510. The topological polar surface area (TPSA) is 101 Å². The molecule has 0 radical (unpaired) electrons. The van der Waals surface area contributed by atoms with Crippen molar-refractivity contribution in [2.45, 2.75) is 25.4 Å². The molecule has 0 spiro atoms. The van der Waals surface area contributed by atoms with Gasteiger partial charge in [-0.05, 0) is 30.2 Å². The third-order valence-corrected chi connectivity index (χ3v) is 4.36. The molecular formula is C17H23N4O5+. The van der Waals surface area contributed by atoms with Gasteiger partial charge in [-0.3, -0.25) is 9.32 Å². The second-order valence-electron chi connectivity index (χ2n) is 6.16. The Bertz CT molecular complexity index is 815. The van der Waals surface area contributed by atoms with Gasteiger partial charge in [0.05, 0.1) is 14.2 Å². The number of aromatic nitrogens is 2. The first-order valence-corrected chi connectivity index (χ1v) is 8.43. The number of ether oxygens (including phenoxy) is 2. The molecule has 0 saturated carbocycles. The summed E-state index contributed by atoms with van der Waals surface area (Å²) in [5.41, 5.74) is 0.403. The molecule has 9 nitrogen and oxygen atoms in total. The van der Waals surface area contributed by atoms with Crippen molar-refractivity contribution in [2.75, 3.05) is 32.6 Å². The lowest BCUT2D eigenvalue weighted by Crippen LogP contribution is -2.51. The zero-order valence-corrected chi connectivity index (χ0v) is 14.9. The number of likely N-dealkylation sites (tertiary alicyclic amines) is 1. The van der Waals surface area contributed by atoms with E-state index in [1.54, 1.807) is 19.1 Å². The van der Waals surface area contributed by atoms with E-state index in [-0.39, 0.29) is 18.5 Å². The number of nitrogens with zero attached hydrogens (tertiary/aromatic N) is 2. The summed E-state index contributed by atoms with van der Waals surface area (Å²) < 4.78 is 16.5. The number of piperidine rings is 1. The number of nitrogens with one attached hydrogen (secondary N) is 2. The van der Waals surface area contributed by atoms with Crippen LogP contribution in [0.4, 0.5) is 5.69 Å². The van der Waals surface area contributed by atoms with Crippen molar-refractivity contribution in [1.82, 2.24) is 10.2 Å². The Hall–Kier alpha value is -2.97. The molecule has 0 aliphatic carbocycles. The number of anilines is 1. The molecule has 0 unspecified atom stereocenters. The average molecular weight is 363 g/mol. The summed E-state index contributed by atoms with van der Waals surface area (Å²) in [5.74, 6) is 1.26. The monoisotopic (exact) mass is 363 g/mol. The predicted molar refractivity (Wildman–Crippen MR) is 92.3 cm³/mol. The molecule has 1 aromatic heterocycles. The zero-order valence-electron chi connectivity index (χ0n) is 14.9. The van der Waals surface area contributed by atoms with Crippen LogP contribution in [0.5, 0.6) is 11.5 Å². The Morgan fingerprint density at radius 2 is 2.19 bits per heavy atom. The second-order valence-corrected chi connectivity index (χ2v) is 6.16. The van der Waals surface area contributed by atoms with Gasteiger partial charge in [-0.2, -0.15) is 0 Å². The van der Waals surface area contributed by atoms with Crippen LogP contribution in [-0.2, 0) is 11.3 Å². The highest BCUT2D eigenvalue weighted by atomic mass is 16.5. The maximum atomic E-state index is 12.4. The Morgan fingerprint density at radius 3 is 2.88 bits per heavy atom. The molecular weight excluding hydrogens is 340 g/mol. The third kappa shape index (κ3) is 4.16. The van der Waals surface area contributed by atoms with Crippen molar-refractivity contribution in [2.24, 2.45) is 0 Å². The number of hydrogen-bond acceptors (Lipinski definition) is 6. The largest absolute Gasteiger partial charge is 0.493 e. The maximum absolute atomic E-state index is 12.4. The quantitative estimate of drug-likeness (QED) is 0.720. The minimum absolute atomic E-state index is 0.0504. The summed E-state index contributed by atoms with van der Waals surface area (Å²) in [4.78, 5) is 25.3. The van der Waals surface area contributed by atoms with Gasteiger partial charge >= 0.3 is 5.63 Å². The Balaban J connectivity index is 1.61. The fraction of sp³-hybridized carbons (Fsp3) is 0.471. The molecule has 1 aliphatic rings. The Labute approximate surface area is 150 Å². The predicted octanol–water partition coefficient (Wildman–Crippen LogP) is 0.376. The van der Waals surface area contributed by atoms with Crippen LogP contribution in [0.3, 0.4) is 0 Å². The normalized spacial score (nSPS) is 17.0. The van der Waals surface area contributed by atoms with E-state index >= 15 is 0 Å². The second kappa shape index (κ2) is 7.94. The van der Waals surface area contributed by atoms with Gasteiger partial charge in [-0.25, -0.2) is 4.79 Å². The SMILES string of the molecule is COc1ccc(N[C@H]2CCCN(C(=O)C[n+]3cc(=O)o[nH]3)C2)cc1OC. The van der Waals surface area contributed by atoms with Gasteiger partial charge in [-0.15, -0.1) is 0 Å². The van der Waals surface area contributed by atoms with Crippen LogP contribution >= 0.6 is 0 Å². The van der Waals surface area contributed by atoms with Gasteiger partial charge in [0, 0.05) is 30.9 Å². The highest BCUT2D eigenvalue weighted by Gasteiger charge is 2.26. The highest BCUT2D eigenvalue weighted by Crippen LogP contribution is 2.30. The number of methoxy groups -OCH3 is 2. The number of carbonyl (C=O) groups is 1. The highest BCUT2D eigenvalue weighted by molar-refractivity contribution is 5.74. The van der Waals surface area contributed by atoms with Gasteiger partial charge < -0.3 is 19.7 Å². The fourth-order valence-corrected chi connectivity index (χ4v) is 3.09. The van der Waals surface area contributed by atoms with Crippen molar-refractivity contribution in [1.29, 1.82) is 0 Å². The summed E-state index contributed by atoms with van der Waals surface area (Å²) in [7, 11) is 3.20. The molecule has 2 N–H and O–H groups in total. The number of hydrogen-bond donors (Lipinski definition) is 2. The van der Waals surface area contributed by atoms with E-state index in [1.807, 2.05) is 18.2 Å². The van der Waals surface area contributed by atoms with Crippen molar-refractivity contribution >= 4 is 11.6 Å². The van der Waals surface area contributed by atoms with Crippen LogP contribution in [0, 0.1) is 0 Å². The Kier molecular flexibility index (Phi) is 5.45. The zero-order chi connectivity index (χ0) is 18.5. The molecule has 3 rings (SSSR count). The van der Waals surface area contributed by atoms with E-state index in [9.17, 15) is 9.59 Å². The first-order valence-electron chi connectivity index (χ1n) is 8.43. The fourth-order valence-electron chi connectivity index (χ4n) is 3.09. The van der Waals surface area contributed by atoms with E-state index in [0.29, 0.717) is 24.6 Å². The molecule has 26 heavy (non-hydrogen) atoms. The smallest absolute Gasteiger partial charge is 0.426 e. The molecule has 1 amide bonds. The third-order valence-electron chi connectivity index (χ3n) is 4.36. The molecule has 1 saturated heterocycles. The first-order chi connectivity index (χ1) is 12.6. The van der Waals surface area contributed by atoms with E-state index in [1.165, 1.54) is 10.9 Å². The molecule has 1 atom stereocenters.